The minimum absolute atomic E-state index is 0.411. The number of hydrogen-bond acceptors (Lipinski definition) is 1. The van der Waals surface area contributed by atoms with Gasteiger partial charge < -0.3 is 0 Å². The topological polar surface area (TPSA) is 16.8 Å². The summed E-state index contributed by atoms with van der Waals surface area (Å²) in [7, 11) is 0. The Labute approximate surface area is 95.2 Å². The lowest BCUT2D eigenvalue weighted by atomic mass is 10.2. The van der Waals surface area contributed by atoms with E-state index in [9.17, 15) is 0 Å². The molecule has 2 nitrogen and oxygen atoms in total. The normalized spacial score (nSPS) is 11.4. The first-order valence-corrected chi connectivity index (χ1v) is 5.18. The quantitative estimate of drug-likeness (QED) is 0.561. The number of fused-ring (bicyclic) bond motifs is 1. The second kappa shape index (κ2) is 3.74. The fourth-order valence-electron chi connectivity index (χ4n) is 1.67. The lowest BCUT2D eigenvalue weighted by Crippen LogP contribution is -2.34. The third-order valence-electron chi connectivity index (χ3n) is 2.50. The molecule has 0 radical (unpaired) electrons. The minimum Gasteiger partial charge on any atom is -0.0618 e. The SMILES string of the molecule is [2H]c1c2ccccc2cn[n+]1-c1ccccc1. The van der Waals surface area contributed by atoms with E-state index >= 15 is 0 Å². The second-order valence-corrected chi connectivity index (χ2v) is 3.59. The molecular weight excluding hydrogens is 196 g/mol. The van der Waals surface area contributed by atoms with Crippen LogP contribution in [0.15, 0.2) is 67.0 Å². The van der Waals surface area contributed by atoms with Gasteiger partial charge in [0.2, 0.25) is 11.9 Å². The van der Waals surface area contributed by atoms with E-state index < -0.39 is 0 Å². The Morgan fingerprint density at radius 1 is 0.875 bits per heavy atom. The van der Waals surface area contributed by atoms with Crippen LogP contribution in [0, 0.1) is 0 Å². The van der Waals surface area contributed by atoms with Crippen LogP contribution in [0.25, 0.3) is 16.5 Å². The lowest BCUT2D eigenvalue weighted by molar-refractivity contribution is -0.658. The van der Waals surface area contributed by atoms with Crippen molar-refractivity contribution in [1.29, 1.82) is 0 Å². The summed E-state index contributed by atoms with van der Waals surface area (Å²) in [4.78, 5) is 0. The maximum Gasteiger partial charge on any atom is 0.238 e. The molecule has 0 fully saturated rings. The summed E-state index contributed by atoms with van der Waals surface area (Å²) < 4.78 is 9.82. The molecule has 0 aliphatic carbocycles. The zero-order valence-electron chi connectivity index (χ0n) is 9.67. The molecule has 2 aromatic carbocycles. The van der Waals surface area contributed by atoms with Crippen LogP contribution in [0.2, 0.25) is 0 Å². The Hall–Kier alpha value is -2.22. The fourth-order valence-corrected chi connectivity index (χ4v) is 1.67. The average molecular weight is 208 g/mol. The predicted molar refractivity (Wildman–Crippen MR) is 63.3 cm³/mol. The van der Waals surface area contributed by atoms with Gasteiger partial charge in [0.05, 0.1) is 5.39 Å². The van der Waals surface area contributed by atoms with E-state index in [2.05, 4.69) is 5.10 Å². The van der Waals surface area contributed by atoms with Gasteiger partial charge in [0, 0.05) is 17.5 Å². The van der Waals surface area contributed by atoms with Crippen LogP contribution in [0.3, 0.4) is 0 Å². The predicted octanol–water partition coefficient (Wildman–Crippen LogP) is 2.51. The molecule has 16 heavy (non-hydrogen) atoms. The number of rotatable bonds is 1. The van der Waals surface area contributed by atoms with E-state index in [0.29, 0.717) is 6.17 Å². The van der Waals surface area contributed by atoms with Gasteiger partial charge in [-0.2, -0.15) is 0 Å². The highest BCUT2D eigenvalue weighted by molar-refractivity contribution is 5.79. The summed E-state index contributed by atoms with van der Waals surface area (Å²) in [5.41, 5.74) is 0.906. The van der Waals surface area contributed by atoms with Gasteiger partial charge in [0.15, 0.2) is 0 Å². The van der Waals surface area contributed by atoms with Gasteiger partial charge in [-0.05, 0) is 11.2 Å². The van der Waals surface area contributed by atoms with E-state index in [1.54, 1.807) is 10.9 Å². The Morgan fingerprint density at radius 2 is 1.56 bits per heavy atom. The molecule has 0 N–H and O–H groups in total. The van der Waals surface area contributed by atoms with Gasteiger partial charge in [-0.15, -0.1) is 0 Å². The highest BCUT2D eigenvalue weighted by Gasteiger charge is 2.07. The Bertz CT molecular complexity index is 665. The summed E-state index contributed by atoms with van der Waals surface area (Å²) in [6.07, 6.45) is 2.20. The second-order valence-electron chi connectivity index (χ2n) is 3.59. The molecule has 0 saturated heterocycles. The lowest BCUT2D eigenvalue weighted by Gasteiger charge is -1.95. The molecule has 0 bridgehead atoms. The molecule has 0 amide bonds. The third kappa shape index (κ3) is 1.54. The first-order chi connectivity index (χ1) is 8.36. The number of benzene rings is 2. The number of nitrogens with zero attached hydrogens (tertiary/aromatic N) is 2. The van der Waals surface area contributed by atoms with E-state index in [0.717, 1.165) is 16.5 Å². The largest absolute Gasteiger partial charge is 0.238 e. The van der Waals surface area contributed by atoms with Crippen molar-refractivity contribution in [2.24, 2.45) is 0 Å². The Balaban J connectivity index is 2.29. The number of aromatic nitrogens is 2. The van der Waals surface area contributed by atoms with Gasteiger partial charge in [0.1, 0.15) is 7.57 Å². The summed E-state index contributed by atoms with van der Waals surface area (Å²) in [5, 5.41) is 6.20. The van der Waals surface area contributed by atoms with Crippen LogP contribution in [-0.2, 0) is 0 Å². The molecule has 2 heteroatoms. The molecule has 0 aliphatic heterocycles. The number of hydrogen-bond donors (Lipinski definition) is 0. The summed E-state index contributed by atoms with van der Waals surface area (Å²) in [6, 6.07) is 17.5. The van der Waals surface area contributed by atoms with Crippen molar-refractivity contribution in [2.45, 2.75) is 0 Å². The van der Waals surface area contributed by atoms with Crippen molar-refractivity contribution in [1.82, 2.24) is 5.10 Å². The molecule has 0 atom stereocenters. The molecule has 76 valence electrons. The van der Waals surface area contributed by atoms with Crippen LogP contribution < -0.4 is 4.68 Å². The van der Waals surface area contributed by atoms with Crippen LogP contribution >= 0.6 is 0 Å². The van der Waals surface area contributed by atoms with E-state index in [-0.39, 0.29) is 0 Å². The molecule has 0 aliphatic rings. The number of para-hydroxylation sites is 1. The molecule has 3 aromatic rings. The molecule has 1 aromatic heterocycles. The van der Waals surface area contributed by atoms with E-state index in [1.165, 1.54) is 0 Å². The zero-order valence-corrected chi connectivity index (χ0v) is 8.67. The Morgan fingerprint density at radius 3 is 2.38 bits per heavy atom. The van der Waals surface area contributed by atoms with E-state index in [1.807, 2.05) is 54.6 Å². The third-order valence-corrected chi connectivity index (χ3v) is 2.50. The maximum atomic E-state index is 8.18. The summed E-state index contributed by atoms with van der Waals surface area (Å²) in [6.45, 7) is 0. The van der Waals surface area contributed by atoms with Crippen molar-refractivity contribution in [3.05, 3.63) is 67.0 Å². The van der Waals surface area contributed by atoms with Gasteiger partial charge in [0.25, 0.3) is 0 Å². The summed E-state index contributed by atoms with van der Waals surface area (Å²) >= 11 is 0. The molecule has 3 rings (SSSR count). The summed E-state index contributed by atoms with van der Waals surface area (Å²) in [5.74, 6) is 0. The minimum atomic E-state index is 0.411. The van der Waals surface area contributed by atoms with Crippen molar-refractivity contribution in [2.75, 3.05) is 0 Å². The highest BCUT2D eigenvalue weighted by atomic mass is 15.3. The van der Waals surface area contributed by atoms with Crippen molar-refractivity contribution >= 4 is 10.8 Å². The highest BCUT2D eigenvalue weighted by Crippen LogP contribution is 2.09. The van der Waals surface area contributed by atoms with Crippen LogP contribution in [0.5, 0.6) is 0 Å². The van der Waals surface area contributed by atoms with Crippen LogP contribution in [0.4, 0.5) is 0 Å². The van der Waals surface area contributed by atoms with Crippen molar-refractivity contribution < 1.29 is 6.05 Å². The van der Waals surface area contributed by atoms with Gasteiger partial charge in [-0.1, -0.05) is 41.1 Å². The molecule has 1 heterocycles. The fraction of sp³-hybridized carbons (Fsp3) is 0. The monoisotopic (exact) mass is 208 g/mol. The molecule has 0 spiro atoms. The molecular formula is C14H11N2+. The van der Waals surface area contributed by atoms with Crippen molar-refractivity contribution in [3.8, 4) is 5.69 Å². The van der Waals surface area contributed by atoms with Crippen molar-refractivity contribution in [3.63, 3.8) is 0 Å². The molecule has 0 unspecified atom stereocenters. The standard InChI is InChI=1S/C14H11N2/c1-2-8-14(9-3-1)16-11-13-7-5-4-6-12(13)10-15-16/h1-11H/q+1/i11D. The van der Waals surface area contributed by atoms with E-state index in [4.69, 9.17) is 1.37 Å². The van der Waals surface area contributed by atoms with Gasteiger partial charge in [-0.3, -0.25) is 0 Å². The van der Waals surface area contributed by atoms with Gasteiger partial charge >= 0.3 is 0 Å². The maximum absolute atomic E-state index is 8.18. The van der Waals surface area contributed by atoms with Gasteiger partial charge in [-0.25, -0.2) is 0 Å². The van der Waals surface area contributed by atoms with Crippen LogP contribution in [0.1, 0.15) is 1.37 Å². The smallest absolute Gasteiger partial charge is 0.0618 e. The van der Waals surface area contributed by atoms with Crippen LogP contribution in [-0.4, -0.2) is 5.10 Å². The first-order valence-electron chi connectivity index (χ1n) is 5.68. The first kappa shape index (κ1) is 7.99. The molecule has 0 saturated carbocycles. The average Bonchev–Trinajstić information content (AvgIpc) is 2.40. The Kier molecular flexibility index (Phi) is 1.87. The zero-order chi connectivity index (χ0) is 11.7.